The Morgan fingerprint density at radius 1 is 1.39 bits per heavy atom. The fourth-order valence-electron chi connectivity index (χ4n) is 1.58. The first-order valence-corrected chi connectivity index (χ1v) is 5.63. The summed E-state index contributed by atoms with van der Waals surface area (Å²) in [5, 5.41) is 2.59. The fraction of sp³-hybridized carbons (Fsp3) is 0.417. The van der Waals surface area contributed by atoms with Crippen LogP contribution in [-0.2, 0) is 6.18 Å². The van der Waals surface area contributed by atoms with E-state index in [9.17, 15) is 18.0 Å². The Morgan fingerprint density at radius 2 is 2.06 bits per heavy atom. The van der Waals surface area contributed by atoms with Gasteiger partial charge in [-0.05, 0) is 37.0 Å². The molecule has 1 fully saturated rings. The van der Waals surface area contributed by atoms with Gasteiger partial charge in [-0.15, -0.1) is 0 Å². The maximum Gasteiger partial charge on any atom is 0.416 e. The number of nitrogens with one attached hydrogen (secondary N) is 1. The van der Waals surface area contributed by atoms with Gasteiger partial charge in [0, 0.05) is 12.2 Å². The zero-order valence-corrected chi connectivity index (χ0v) is 9.55. The Balaban J connectivity index is 2.16. The number of anilines is 1. The van der Waals surface area contributed by atoms with E-state index in [1.807, 2.05) is 0 Å². The summed E-state index contributed by atoms with van der Waals surface area (Å²) in [5.74, 6) is -0.0912. The van der Waals surface area contributed by atoms with Gasteiger partial charge < -0.3 is 11.1 Å². The van der Waals surface area contributed by atoms with Gasteiger partial charge in [0.15, 0.2) is 0 Å². The van der Waals surface area contributed by atoms with Gasteiger partial charge >= 0.3 is 6.18 Å². The monoisotopic (exact) mass is 258 g/mol. The number of amides is 1. The predicted molar refractivity (Wildman–Crippen MR) is 60.9 cm³/mol. The van der Waals surface area contributed by atoms with E-state index in [-0.39, 0.29) is 11.3 Å². The van der Waals surface area contributed by atoms with Gasteiger partial charge in [0.25, 0.3) is 5.91 Å². The molecule has 18 heavy (non-hydrogen) atoms. The standard InChI is InChI=1S/C12H13F3N2O/c13-12(14,15)8-3-4-10(16)9(5-8)11(18)17-6-7-1-2-7/h3-5,7H,1-2,6,16H2,(H,17,18). The van der Waals surface area contributed by atoms with Gasteiger partial charge in [0.05, 0.1) is 11.1 Å². The van der Waals surface area contributed by atoms with Crippen molar-refractivity contribution in [1.29, 1.82) is 0 Å². The van der Waals surface area contributed by atoms with Gasteiger partial charge in [-0.1, -0.05) is 0 Å². The molecule has 6 heteroatoms. The van der Waals surface area contributed by atoms with Crippen LogP contribution in [-0.4, -0.2) is 12.5 Å². The number of nitrogen functional groups attached to an aromatic ring is 1. The van der Waals surface area contributed by atoms with Gasteiger partial charge in [-0.2, -0.15) is 13.2 Å². The molecule has 0 bridgehead atoms. The summed E-state index contributed by atoms with van der Waals surface area (Å²) in [7, 11) is 0. The molecule has 1 saturated carbocycles. The smallest absolute Gasteiger partial charge is 0.398 e. The number of rotatable bonds is 3. The SMILES string of the molecule is Nc1ccc(C(F)(F)F)cc1C(=O)NCC1CC1. The van der Waals surface area contributed by atoms with E-state index < -0.39 is 17.6 Å². The van der Waals surface area contributed by atoms with Gasteiger partial charge in [-0.3, -0.25) is 4.79 Å². The first kappa shape index (κ1) is 12.7. The number of halogens is 3. The van der Waals surface area contributed by atoms with Crippen molar-refractivity contribution in [2.75, 3.05) is 12.3 Å². The summed E-state index contributed by atoms with van der Waals surface area (Å²) in [6.07, 6.45) is -2.37. The van der Waals surface area contributed by atoms with Crippen molar-refractivity contribution in [3.63, 3.8) is 0 Å². The molecule has 1 aliphatic carbocycles. The van der Waals surface area contributed by atoms with Crippen LogP contribution in [0.25, 0.3) is 0 Å². The quantitative estimate of drug-likeness (QED) is 0.818. The topological polar surface area (TPSA) is 55.1 Å². The maximum absolute atomic E-state index is 12.5. The summed E-state index contributed by atoms with van der Waals surface area (Å²) in [4.78, 5) is 11.7. The van der Waals surface area contributed by atoms with Crippen molar-refractivity contribution in [3.8, 4) is 0 Å². The van der Waals surface area contributed by atoms with E-state index in [1.165, 1.54) is 0 Å². The molecule has 98 valence electrons. The van der Waals surface area contributed by atoms with E-state index in [4.69, 9.17) is 5.73 Å². The molecule has 0 unspecified atom stereocenters. The van der Waals surface area contributed by atoms with Crippen LogP contribution >= 0.6 is 0 Å². The molecule has 0 saturated heterocycles. The molecule has 0 spiro atoms. The average molecular weight is 258 g/mol. The number of hydrogen-bond acceptors (Lipinski definition) is 2. The zero-order chi connectivity index (χ0) is 13.3. The van der Waals surface area contributed by atoms with Gasteiger partial charge in [-0.25, -0.2) is 0 Å². The Labute approximate surface area is 102 Å². The molecule has 1 aromatic carbocycles. The normalized spacial score (nSPS) is 15.5. The lowest BCUT2D eigenvalue weighted by Crippen LogP contribution is -2.26. The molecule has 0 aliphatic heterocycles. The molecule has 3 nitrogen and oxygen atoms in total. The van der Waals surface area contributed by atoms with Crippen molar-refractivity contribution in [2.24, 2.45) is 5.92 Å². The van der Waals surface area contributed by atoms with Gasteiger partial charge in [0.2, 0.25) is 0 Å². The number of benzene rings is 1. The largest absolute Gasteiger partial charge is 0.416 e. The molecule has 3 N–H and O–H groups in total. The van der Waals surface area contributed by atoms with Crippen molar-refractivity contribution >= 4 is 11.6 Å². The fourth-order valence-corrected chi connectivity index (χ4v) is 1.58. The summed E-state index contributed by atoms with van der Waals surface area (Å²) in [6.45, 7) is 0.495. The Morgan fingerprint density at radius 3 is 2.61 bits per heavy atom. The maximum atomic E-state index is 12.5. The minimum Gasteiger partial charge on any atom is -0.398 e. The second-order valence-corrected chi connectivity index (χ2v) is 4.45. The lowest BCUT2D eigenvalue weighted by Gasteiger charge is -2.11. The Kier molecular flexibility index (Phi) is 3.19. The summed E-state index contributed by atoms with van der Waals surface area (Å²) >= 11 is 0. The molecule has 0 radical (unpaired) electrons. The van der Waals surface area contributed by atoms with Crippen LogP contribution in [0, 0.1) is 5.92 Å². The van der Waals surface area contributed by atoms with Crippen molar-refractivity contribution in [3.05, 3.63) is 29.3 Å². The van der Waals surface area contributed by atoms with Crippen LogP contribution in [0.5, 0.6) is 0 Å². The number of alkyl halides is 3. The highest BCUT2D eigenvalue weighted by atomic mass is 19.4. The summed E-state index contributed by atoms with van der Waals surface area (Å²) in [5.41, 5.74) is 4.59. The first-order valence-electron chi connectivity index (χ1n) is 5.63. The highest BCUT2D eigenvalue weighted by Crippen LogP contribution is 2.31. The number of carbonyl (C=O) groups is 1. The average Bonchev–Trinajstić information content (AvgIpc) is 3.08. The number of nitrogens with two attached hydrogens (primary N) is 1. The number of hydrogen-bond donors (Lipinski definition) is 2. The molecule has 0 aromatic heterocycles. The third-order valence-corrected chi connectivity index (χ3v) is 2.87. The molecule has 1 aliphatic rings. The van der Waals surface area contributed by atoms with Gasteiger partial charge in [0.1, 0.15) is 0 Å². The van der Waals surface area contributed by atoms with E-state index in [2.05, 4.69) is 5.32 Å². The van der Waals surface area contributed by atoms with E-state index in [1.54, 1.807) is 0 Å². The van der Waals surface area contributed by atoms with Crippen molar-refractivity contribution in [2.45, 2.75) is 19.0 Å². The molecular formula is C12H13F3N2O. The highest BCUT2D eigenvalue weighted by Gasteiger charge is 2.31. The van der Waals surface area contributed by atoms with Crippen LogP contribution in [0.3, 0.4) is 0 Å². The van der Waals surface area contributed by atoms with Crippen molar-refractivity contribution in [1.82, 2.24) is 5.32 Å². The van der Waals surface area contributed by atoms with Crippen LogP contribution in [0.2, 0.25) is 0 Å². The Hall–Kier alpha value is -1.72. The van der Waals surface area contributed by atoms with Crippen LogP contribution in [0.4, 0.5) is 18.9 Å². The highest BCUT2D eigenvalue weighted by molar-refractivity contribution is 5.99. The third kappa shape index (κ3) is 2.94. The molecule has 1 amide bonds. The summed E-state index contributed by atoms with van der Waals surface area (Å²) < 4.78 is 37.5. The third-order valence-electron chi connectivity index (χ3n) is 2.87. The molecule has 0 atom stereocenters. The minimum absolute atomic E-state index is 0.0521. The molecule has 1 aromatic rings. The van der Waals surface area contributed by atoms with Crippen LogP contribution in [0.15, 0.2) is 18.2 Å². The number of carbonyl (C=O) groups excluding carboxylic acids is 1. The van der Waals surface area contributed by atoms with E-state index in [0.29, 0.717) is 12.5 Å². The second-order valence-electron chi connectivity index (χ2n) is 4.45. The Bertz CT molecular complexity index is 467. The molecule has 2 rings (SSSR count). The van der Waals surface area contributed by atoms with E-state index >= 15 is 0 Å². The lowest BCUT2D eigenvalue weighted by molar-refractivity contribution is -0.137. The zero-order valence-electron chi connectivity index (χ0n) is 9.55. The minimum atomic E-state index is -4.47. The predicted octanol–water partition coefficient (Wildman–Crippen LogP) is 2.43. The van der Waals surface area contributed by atoms with E-state index in [0.717, 1.165) is 31.0 Å². The molecule has 0 heterocycles. The second kappa shape index (κ2) is 4.51. The summed E-state index contributed by atoms with van der Waals surface area (Å²) in [6, 6.07) is 2.76. The molecular weight excluding hydrogens is 245 g/mol. The first-order chi connectivity index (χ1) is 8.38. The van der Waals surface area contributed by atoms with Crippen LogP contribution in [0.1, 0.15) is 28.8 Å². The lowest BCUT2D eigenvalue weighted by atomic mass is 10.1. The van der Waals surface area contributed by atoms with Crippen molar-refractivity contribution < 1.29 is 18.0 Å². The van der Waals surface area contributed by atoms with Crippen LogP contribution < -0.4 is 11.1 Å².